The molecule has 0 radical (unpaired) electrons. The van der Waals surface area contributed by atoms with Gasteiger partial charge in [0.05, 0.1) is 5.69 Å². The van der Waals surface area contributed by atoms with E-state index >= 15 is 0 Å². The second kappa shape index (κ2) is 6.50. The van der Waals surface area contributed by atoms with Crippen molar-refractivity contribution in [1.82, 2.24) is 0 Å². The van der Waals surface area contributed by atoms with E-state index in [2.05, 4.69) is 84.9 Å². The molecule has 0 aliphatic carbocycles. The lowest BCUT2D eigenvalue weighted by atomic mass is 9.88. The van der Waals surface area contributed by atoms with Crippen LogP contribution in [0.15, 0.2) is 108 Å². The number of hydrogen-bond acceptors (Lipinski definition) is 2. The Morgan fingerprint density at radius 2 is 1.27 bits per heavy atom. The summed E-state index contributed by atoms with van der Waals surface area (Å²) in [6.45, 7) is 0. The minimum absolute atomic E-state index is 0.664. The summed E-state index contributed by atoms with van der Waals surface area (Å²) >= 11 is 0. The first kappa shape index (κ1) is 16.9. The molecule has 0 spiro atoms. The largest absolute Gasteiger partial charge is 0.454 e. The SMILES string of the molecule is Nc1cccc2c1oc1ccc3ccc(-c4ccccc4)c(-c4ccccc4)c3c12. The Morgan fingerprint density at radius 1 is 0.567 bits per heavy atom. The Hall–Kier alpha value is -4.04. The molecule has 0 unspecified atom stereocenters. The minimum Gasteiger partial charge on any atom is -0.454 e. The molecule has 0 aliphatic heterocycles. The van der Waals surface area contributed by atoms with Gasteiger partial charge in [-0.05, 0) is 39.8 Å². The molecular formula is C28H19NO. The van der Waals surface area contributed by atoms with E-state index in [0.717, 1.165) is 21.9 Å². The van der Waals surface area contributed by atoms with Gasteiger partial charge in [-0.1, -0.05) is 91.0 Å². The third-order valence-corrected chi connectivity index (χ3v) is 5.82. The predicted molar refractivity (Wildman–Crippen MR) is 127 cm³/mol. The van der Waals surface area contributed by atoms with Crippen LogP contribution in [-0.2, 0) is 0 Å². The Morgan fingerprint density at radius 3 is 2.03 bits per heavy atom. The second-order valence-corrected chi connectivity index (χ2v) is 7.58. The Balaban J connectivity index is 1.87. The number of hydrogen-bond donors (Lipinski definition) is 1. The molecule has 6 rings (SSSR count). The molecule has 6 aromatic rings. The summed E-state index contributed by atoms with van der Waals surface area (Å²) < 4.78 is 6.20. The molecule has 2 nitrogen and oxygen atoms in total. The van der Waals surface area contributed by atoms with Crippen LogP contribution in [0.25, 0.3) is 55.0 Å². The number of nitrogens with two attached hydrogens (primary N) is 1. The van der Waals surface area contributed by atoms with Gasteiger partial charge in [-0.15, -0.1) is 0 Å². The first-order valence-corrected chi connectivity index (χ1v) is 10.1. The fraction of sp³-hybridized carbons (Fsp3) is 0. The van der Waals surface area contributed by atoms with Gasteiger partial charge in [0.15, 0.2) is 5.58 Å². The normalized spacial score (nSPS) is 11.5. The standard InChI is InChI=1S/C28H19NO/c29-23-13-7-12-22-27-24(30-28(22)23)17-15-20-14-16-21(18-8-3-1-4-9-18)25(26(20)27)19-10-5-2-6-11-19/h1-17H,29H2. The van der Waals surface area contributed by atoms with E-state index < -0.39 is 0 Å². The maximum Gasteiger partial charge on any atom is 0.158 e. The molecule has 0 atom stereocenters. The van der Waals surface area contributed by atoms with Crippen molar-refractivity contribution in [3.05, 3.63) is 103 Å². The Bertz CT molecular complexity index is 1530. The van der Waals surface area contributed by atoms with E-state index in [-0.39, 0.29) is 0 Å². The van der Waals surface area contributed by atoms with Crippen LogP contribution in [0.1, 0.15) is 0 Å². The molecule has 142 valence electrons. The Kier molecular flexibility index (Phi) is 3.65. The van der Waals surface area contributed by atoms with Crippen molar-refractivity contribution in [3.8, 4) is 22.3 Å². The molecule has 0 aliphatic rings. The summed E-state index contributed by atoms with van der Waals surface area (Å²) in [5.74, 6) is 0. The second-order valence-electron chi connectivity index (χ2n) is 7.58. The van der Waals surface area contributed by atoms with E-state index in [0.29, 0.717) is 5.69 Å². The highest BCUT2D eigenvalue weighted by molar-refractivity contribution is 6.25. The topological polar surface area (TPSA) is 39.2 Å². The van der Waals surface area contributed by atoms with Crippen molar-refractivity contribution in [2.45, 2.75) is 0 Å². The van der Waals surface area contributed by atoms with Crippen LogP contribution in [0.5, 0.6) is 0 Å². The van der Waals surface area contributed by atoms with Gasteiger partial charge in [0, 0.05) is 16.2 Å². The van der Waals surface area contributed by atoms with Crippen LogP contribution < -0.4 is 5.73 Å². The van der Waals surface area contributed by atoms with E-state index in [1.807, 2.05) is 18.2 Å². The van der Waals surface area contributed by atoms with Crippen LogP contribution in [0.3, 0.4) is 0 Å². The van der Waals surface area contributed by atoms with Gasteiger partial charge in [0.1, 0.15) is 5.58 Å². The van der Waals surface area contributed by atoms with Gasteiger partial charge in [0.2, 0.25) is 0 Å². The molecule has 0 saturated carbocycles. The van der Waals surface area contributed by atoms with Crippen molar-refractivity contribution < 1.29 is 4.42 Å². The zero-order chi connectivity index (χ0) is 20.1. The van der Waals surface area contributed by atoms with Gasteiger partial charge >= 0.3 is 0 Å². The van der Waals surface area contributed by atoms with Crippen LogP contribution in [0, 0.1) is 0 Å². The summed E-state index contributed by atoms with van der Waals surface area (Å²) in [7, 11) is 0. The molecular weight excluding hydrogens is 366 g/mol. The number of nitrogen functional groups attached to an aromatic ring is 1. The maximum absolute atomic E-state index is 6.24. The fourth-order valence-corrected chi connectivity index (χ4v) is 4.49. The van der Waals surface area contributed by atoms with Crippen LogP contribution >= 0.6 is 0 Å². The lowest BCUT2D eigenvalue weighted by molar-refractivity contribution is 0.670. The smallest absolute Gasteiger partial charge is 0.158 e. The van der Waals surface area contributed by atoms with E-state index in [4.69, 9.17) is 10.2 Å². The van der Waals surface area contributed by atoms with E-state index in [1.54, 1.807) is 0 Å². The molecule has 1 aromatic heterocycles. The van der Waals surface area contributed by atoms with E-state index in [9.17, 15) is 0 Å². The summed E-state index contributed by atoms with van der Waals surface area (Å²) in [5.41, 5.74) is 13.3. The van der Waals surface area contributed by atoms with Gasteiger partial charge in [-0.25, -0.2) is 0 Å². The highest BCUT2D eigenvalue weighted by Gasteiger charge is 2.18. The lowest BCUT2D eigenvalue weighted by Crippen LogP contribution is -1.89. The summed E-state index contributed by atoms with van der Waals surface area (Å²) in [6, 6.07) is 35.7. The van der Waals surface area contributed by atoms with Crippen molar-refractivity contribution in [1.29, 1.82) is 0 Å². The van der Waals surface area contributed by atoms with Gasteiger partial charge in [0.25, 0.3) is 0 Å². The highest BCUT2D eigenvalue weighted by Crippen LogP contribution is 2.44. The number of para-hydroxylation sites is 1. The average Bonchev–Trinajstić information content (AvgIpc) is 3.20. The molecule has 0 bridgehead atoms. The quantitative estimate of drug-likeness (QED) is 0.311. The van der Waals surface area contributed by atoms with Crippen LogP contribution in [-0.4, -0.2) is 0 Å². The van der Waals surface area contributed by atoms with Crippen LogP contribution in [0.4, 0.5) is 5.69 Å². The number of fused-ring (bicyclic) bond motifs is 5. The van der Waals surface area contributed by atoms with Crippen molar-refractivity contribution >= 4 is 38.4 Å². The average molecular weight is 385 g/mol. The zero-order valence-corrected chi connectivity index (χ0v) is 16.3. The van der Waals surface area contributed by atoms with Gasteiger partial charge < -0.3 is 10.2 Å². The maximum atomic E-state index is 6.24. The zero-order valence-electron chi connectivity index (χ0n) is 16.3. The van der Waals surface area contributed by atoms with Crippen molar-refractivity contribution in [3.63, 3.8) is 0 Å². The van der Waals surface area contributed by atoms with Crippen molar-refractivity contribution in [2.24, 2.45) is 0 Å². The highest BCUT2D eigenvalue weighted by atomic mass is 16.3. The molecule has 1 heterocycles. The molecule has 0 amide bonds. The first-order valence-electron chi connectivity index (χ1n) is 10.1. The molecule has 2 heteroatoms. The lowest BCUT2D eigenvalue weighted by Gasteiger charge is -2.15. The summed E-state index contributed by atoms with van der Waals surface area (Å²) in [6.07, 6.45) is 0. The van der Waals surface area contributed by atoms with Gasteiger partial charge in [-0.3, -0.25) is 0 Å². The van der Waals surface area contributed by atoms with Gasteiger partial charge in [-0.2, -0.15) is 0 Å². The van der Waals surface area contributed by atoms with Crippen molar-refractivity contribution in [2.75, 3.05) is 5.73 Å². The summed E-state index contributed by atoms with van der Waals surface area (Å²) in [5, 5.41) is 4.56. The number of benzene rings is 5. The third-order valence-electron chi connectivity index (χ3n) is 5.82. The molecule has 0 saturated heterocycles. The number of rotatable bonds is 2. The molecule has 5 aromatic carbocycles. The monoisotopic (exact) mass is 385 g/mol. The molecule has 30 heavy (non-hydrogen) atoms. The Labute approximate surface area is 174 Å². The summed E-state index contributed by atoms with van der Waals surface area (Å²) in [4.78, 5) is 0. The fourth-order valence-electron chi connectivity index (χ4n) is 4.49. The number of anilines is 1. The number of furan rings is 1. The molecule has 2 N–H and O–H groups in total. The third kappa shape index (κ3) is 2.44. The molecule has 0 fully saturated rings. The minimum atomic E-state index is 0.664. The van der Waals surface area contributed by atoms with Crippen LogP contribution in [0.2, 0.25) is 0 Å². The first-order chi connectivity index (χ1) is 14.8. The van der Waals surface area contributed by atoms with E-state index in [1.165, 1.54) is 33.0 Å². The predicted octanol–water partition coefficient (Wildman–Crippen LogP) is 7.66.